The maximum atomic E-state index is 10.4. The van der Waals surface area contributed by atoms with E-state index in [4.69, 9.17) is 4.55 Å². The molecule has 0 atom stereocenters. The van der Waals surface area contributed by atoms with E-state index in [1.54, 1.807) is 0 Å². The van der Waals surface area contributed by atoms with Crippen molar-refractivity contribution in [3.05, 3.63) is 0 Å². The predicted molar refractivity (Wildman–Crippen MR) is 35.0 cm³/mol. The van der Waals surface area contributed by atoms with Crippen molar-refractivity contribution in [2.45, 2.75) is 12.8 Å². The Kier molecular flexibility index (Phi) is 3.69. The van der Waals surface area contributed by atoms with Crippen molar-refractivity contribution in [1.29, 1.82) is 0 Å². The first kappa shape index (κ1) is 10.0. The molecule has 0 aliphatic heterocycles. The zero-order valence-electron chi connectivity index (χ0n) is 5.48. The van der Waals surface area contributed by atoms with Gasteiger partial charge in [-0.25, -0.2) is 4.72 Å². The Labute approximate surface area is 63.5 Å². The maximum Gasteiger partial charge on any atom is 0.359 e. The first-order chi connectivity index (χ1) is 4.95. The molecule has 0 bridgehead atoms. The monoisotopic (exact) mass is 181 g/mol. The zero-order valence-corrected chi connectivity index (χ0v) is 6.30. The van der Waals surface area contributed by atoms with Gasteiger partial charge in [-0.05, 0) is 0 Å². The fourth-order valence-electron chi connectivity index (χ4n) is 0.385. The third-order valence-electron chi connectivity index (χ3n) is 0.732. The van der Waals surface area contributed by atoms with Crippen LogP contribution in [0.4, 0.5) is 0 Å². The number of rotatable bonds is 4. The van der Waals surface area contributed by atoms with Crippen molar-refractivity contribution in [3.63, 3.8) is 0 Å². The molecule has 0 saturated heterocycles. The number of hydrogen-bond acceptors (Lipinski definition) is 4. The summed E-state index contributed by atoms with van der Waals surface area (Å²) in [4.78, 5) is 20.1. The largest absolute Gasteiger partial charge is 0.359 e. The fourth-order valence-corrected chi connectivity index (χ4v) is 0.775. The van der Waals surface area contributed by atoms with E-state index in [2.05, 4.69) is 0 Å². The van der Waals surface area contributed by atoms with Crippen LogP contribution in [0.1, 0.15) is 12.8 Å². The van der Waals surface area contributed by atoms with Crippen LogP contribution in [0.5, 0.6) is 0 Å². The molecular formula is C4H7NO5S. The van der Waals surface area contributed by atoms with E-state index in [0.717, 1.165) is 0 Å². The fraction of sp³-hybridized carbons (Fsp3) is 0.500. The summed E-state index contributed by atoms with van der Waals surface area (Å²) in [5, 5.41) is 0. The third kappa shape index (κ3) is 6.94. The van der Waals surface area contributed by atoms with Gasteiger partial charge in [0, 0.05) is 12.8 Å². The summed E-state index contributed by atoms with van der Waals surface area (Å²) < 4.78 is 29.2. The molecule has 0 heterocycles. The van der Waals surface area contributed by atoms with Crippen LogP contribution in [0.3, 0.4) is 0 Å². The van der Waals surface area contributed by atoms with Crippen LogP contribution in [-0.4, -0.2) is 25.2 Å². The summed E-state index contributed by atoms with van der Waals surface area (Å²) in [6.07, 6.45) is 0.161. The van der Waals surface area contributed by atoms with Crippen LogP contribution in [0.2, 0.25) is 0 Å². The van der Waals surface area contributed by atoms with Gasteiger partial charge in [-0.3, -0.25) is 9.35 Å². The van der Waals surface area contributed by atoms with Crippen molar-refractivity contribution in [2.24, 2.45) is 0 Å². The average Bonchev–Trinajstić information content (AvgIpc) is 1.79. The van der Waals surface area contributed by atoms with Gasteiger partial charge < -0.3 is 4.79 Å². The Morgan fingerprint density at radius 3 is 2.45 bits per heavy atom. The Morgan fingerprint density at radius 2 is 2.09 bits per heavy atom. The molecule has 0 aromatic carbocycles. The normalized spacial score (nSPS) is 10.6. The molecule has 0 spiro atoms. The minimum Gasteiger partial charge on any atom is -0.303 e. The smallest absolute Gasteiger partial charge is 0.303 e. The van der Waals surface area contributed by atoms with Gasteiger partial charge in [0.2, 0.25) is 5.91 Å². The highest BCUT2D eigenvalue weighted by Gasteiger charge is 2.08. The molecule has 0 aliphatic carbocycles. The van der Waals surface area contributed by atoms with Gasteiger partial charge in [0.25, 0.3) is 0 Å². The lowest BCUT2D eigenvalue weighted by Crippen LogP contribution is -2.29. The van der Waals surface area contributed by atoms with E-state index in [0.29, 0.717) is 6.29 Å². The van der Waals surface area contributed by atoms with Gasteiger partial charge in [-0.2, -0.15) is 8.42 Å². The zero-order chi connectivity index (χ0) is 8.91. The lowest BCUT2D eigenvalue weighted by Gasteiger charge is -1.96. The molecule has 11 heavy (non-hydrogen) atoms. The van der Waals surface area contributed by atoms with E-state index >= 15 is 0 Å². The topological polar surface area (TPSA) is 101 Å². The van der Waals surface area contributed by atoms with Gasteiger partial charge in [-0.1, -0.05) is 0 Å². The van der Waals surface area contributed by atoms with E-state index in [9.17, 15) is 18.0 Å². The molecule has 0 fully saturated rings. The van der Waals surface area contributed by atoms with E-state index in [1.165, 1.54) is 4.72 Å². The summed E-state index contributed by atoms with van der Waals surface area (Å²) in [6.45, 7) is 0. The molecular weight excluding hydrogens is 174 g/mol. The minimum absolute atomic E-state index is 0.0681. The van der Waals surface area contributed by atoms with Crippen molar-refractivity contribution in [1.82, 2.24) is 4.72 Å². The highest BCUT2D eigenvalue weighted by molar-refractivity contribution is 7.84. The Morgan fingerprint density at radius 1 is 1.55 bits per heavy atom. The molecule has 0 rings (SSSR count). The van der Waals surface area contributed by atoms with Crippen molar-refractivity contribution >= 4 is 22.5 Å². The van der Waals surface area contributed by atoms with Crippen molar-refractivity contribution in [3.8, 4) is 0 Å². The van der Waals surface area contributed by atoms with Gasteiger partial charge in [0.15, 0.2) is 0 Å². The van der Waals surface area contributed by atoms with Crippen molar-refractivity contribution in [2.75, 3.05) is 0 Å². The van der Waals surface area contributed by atoms with Crippen LogP contribution in [-0.2, 0) is 19.9 Å². The third-order valence-corrected chi connectivity index (χ3v) is 1.22. The molecule has 7 heteroatoms. The first-order valence-electron chi connectivity index (χ1n) is 2.67. The van der Waals surface area contributed by atoms with Gasteiger partial charge >= 0.3 is 10.3 Å². The number of carbonyl (C=O) groups is 2. The summed E-state index contributed by atoms with van der Waals surface area (Å²) in [5.41, 5.74) is 0. The van der Waals surface area contributed by atoms with E-state index in [-0.39, 0.29) is 12.8 Å². The van der Waals surface area contributed by atoms with Crippen LogP contribution >= 0.6 is 0 Å². The summed E-state index contributed by atoms with van der Waals surface area (Å²) in [6, 6.07) is 0. The Balaban J connectivity index is 3.80. The predicted octanol–water partition coefficient (Wildman–Crippen LogP) is -1.12. The summed E-state index contributed by atoms with van der Waals surface area (Å²) in [5.74, 6) is -0.903. The highest BCUT2D eigenvalue weighted by atomic mass is 32.2. The van der Waals surface area contributed by atoms with Crippen LogP contribution in [0, 0.1) is 0 Å². The number of aldehydes is 1. The molecule has 0 aromatic heterocycles. The molecule has 64 valence electrons. The van der Waals surface area contributed by atoms with Crippen LogP contribution < -0.4 is 4.72 Å². The number of nitrogens with one attached hydrogen (secondary N) is 1. The second-order valence-electron chi connectivity index (χ2n) is 1.71. The molecule has 6 nitrogen and oxygen atoms in total. The molecule has 0 saturated carbocycles. The molecule has 1 amide bonds. The standard InChI is InChI=1S/C4H7NO5S/c6-3-1-2-4(7)5-11(8,9)10/h3H,1-2H2,(H,5,7)(H,8,9,10). The molecule has 0 aromatic rings. The quantitative estimate of drug-likeness (QED) is 0.423. The van der Waals surface area contributed by atoms with Crippen LogP contribution in [0.15, 0.2) is 0 Å². The molecule has 2 N–H and O–H groups in total. The number of carbonyl (C=O) groups excluding carboxylic acids is 2. The molecule has 0 radical (unpaired) electrons. The Hall–Kier alpha value is -0.950. The summed E-state index contributed by atoms with van der Waals surface area (Å²) >= 11 is 0. The minimum atomic E-state index is -4.47. The lowest BCUT2D eigenvalue weighted by molar-refractivity contribution is -0.121. The number of amides is 1. The SMILES string of the molecule is O=CCCC(=O)NS(=O)(=O)O. The lowest BCUT2D eigenvalue weighted by atomic mass is 10.3. The van der Waals surface area contributed by atoms with Gasteiger partial charge in [-0.15, -0.1) is 0 Å². The second-order valence-corrected chi connectivity index (χ2v) is 2.86. The van der Waals surface area contributed by atoms with E-state index < -0.39 is 16.2 Å². The highest BCUT2D eigenvalue weighted by Crippen LogP contribution is 1.85. The molecule has 0 unspecified atom stereocenters. The molecule has 0 aliphatic rings. The second kappa shape index (κ2) is 4.04. The van der Waals surface area contributed by atoms with Crippen molar-refractivity contribution < 1.29 is 22.6 Å². The Bertz CT molecular complexity index is 243. The average molecular weight is 181 g/mol. The van der Waals surface area contributed by atoms with E-state index in [1.807, 2.05) is 0 Å². The van der Waals surface area contributed by atoms with Gasteiger partial charge in [0.1, 0.15) is 6.29 Å². The van der Waals surface area contributed by atoms with Crippen LogP contribution in [0.25, 0.3) is 0 Å². The van der Waals surface area contributed by atoms with Gasteiger partial charge in [0.05, 0.1) is 0 Å². The number of hydrogen-bond donors (Lipinski definition) is 2. The first-order valence-corrected chi connectivity index (χ1v) is 4.11. The summed E-state index contributed by atoms with van der Waals surface area (Å²) in [7, 11) is -4.47. The maximum absolute atomic E-state index is 10.4.